The van der Waals surface area contributed by atoms with Crippen molar-refractivity contribution >= 4 is 11.7 Å². The van der Waals surface area contributed by atoms with Crippen LogP contribution in [0.1, 0.15) is 16.8 Å². The fourth-order valence-electron chi connectivity index (χ4n) is 2.63. The molecule has 0 fully saturated rings. The molecule has 0 atom stereocenters. The molecule has 6 heteroatoms. The Balaban J connectivity index is 1.58. The van der Waals surface area contributed by atoms with E-state index in [1.165, 1.54) is 5.56 Å². The first-order valence-corrected chi connectivity index (χ1v) is 8.94. The highest BCUT2D eigenvalue weighted by Gasteiger charge is 2.11. The average Bonchev–Trinajstić information content (AvgIpc) is 2.70. The number of aryl methyl sites for hydroxylation is 1. The molecule has 138 valence electrons. The first kappa shape index (κ1) is 18.5. The number of nitrogens with one attached hydrogen (secondary N) is 2. The number of carbonyl (C=O) groups excluding carboxylic acids is 1. The zero-order valence-electron chi connectivity index (χ0n) is 15.6. The SMILES string of the molecule is Cc1nc(-c2ccccn2)nc(NCC(=O)NCCc2ccccc2)c1C. The molecule has 3 rings (SSSR count). The quantitative estimate of drug-likeness (QED) is 0.676. The second-order valence-corrected chi connectivity index (χ2v) is 6.26. The first-order valence-electron chi connectivity index (χ1n) is 8.94. The number of rotatable bonds is 7. The zero-order valence-corrected chi connectivity index (χ0v) is 15.6. The maximum absolute atomic E-state index is 12.1. The molecule has 2 N–H and O–H groups in total. The van der Waals surface area contributed by atoms with Crippen LogP contribution < -0.4 is 10.6 Å². The number of amides is 1. The van der Waals surface area contributed by atoms with Gasteiger partial charge in [-0.1, -0.05) is 36.4 Å². The Labute approximate surface area is 159 Å². The zero-order chi connectivity index (χ0) is 19.1. The van der Waals surface area contributed by atoms with Gasteiger partial charge in [0.25, 0.3) is 0 Å². The molecule has 0 saturated carbocycles. The summed E-state index contributed by atoms with van der Waals surface area (Å²) >= 11 is 0. The highest BCUT2D eigenvalue weighted by atomic mass is 16.1. The first-order chi connectivity index (χ1) is 13.1. The summed E-state index contributed by atoms with van der Waals surface area (Å²) in [5.41, 5.74) is 3.69. The third kappa shape index (κ3) is 5.10. The van der Waals surface area contributed by atoms with Crippen LogP contribution in [0.5, 0.6) is 0 Å². The summed E-state index contributed by atoms with van der Waals surface area (Å²) in [5.74, 6) is 1.13. The molecule has 0 bridgehead atoms. The van der Waals surface area contributed by atoms with Gasteiger partial charge in [0.15, 0.2) is 5.82 Å². The van der Waals surface area contributed by atoms with Gasteiger partial charge in [-0.25, -0.2) is 9.97 Å². The van der Waals surface area contributed by atoms with Crippen molar-refractivity contribution in [3.63, 3.8) is 0 Å². The molecule has 0 aliphatic rings. The summed E-state index contributed by atoms with van der Waals surface area (Å²) in [5, 5.41) is 6.05. The van der Waals surface area contributed by atoms with E-state index in [4.69, 9.17) is 0 Å². The Kier molecular flexibility index (Phi) is 6.10. The van der Waals surface area contributed by atoms with Gasteiger partial charge in [0.2, 0.25) is 5.91 Å². The second-order valence-electron chi connectivity index (χ2n) is 6.26. The maximum atomic E-state index is 12.1. The lowest BCUT2D eigenvalue weighted by atomic mass is 10.1. The maximum Gasteiger partial charge on any atom is 0.239 e. The average molecular weight is 361 g/mol. The van der Waals surface area contributed by atoms with Crippen LogP contribution in [0, 0.1) is 13.8 Å². The number of hydrogen-bond donors (Lipinski definition) is 2. The minimum Gasteiger partial charge on any atom is -0.361 e. The number of pyridine rings is 1. The van der Waals surface area contributed by atoms with Gasteiger partial charge in [-0.05, 0) is 38.0 Å². The number of nitrogens with zero attached hydrogens (tertiary/aromatic N) is 3. The fourth-order valence-corrected chi connectivity index (χ4v) is 2.63. The molecular weight excluding hydrogens is 338 g/mol. The third-order valence-corrected chi connectivity index (χ3v) is 4.28. The molecule has 0 aliphatic carbocycles. The summed E-state index contributed by atoms with van der Waals surface area (Å²) in [6, 6.07) is 15.7. The Bertz CT molecular complexity index is 897. The molecule has 0 spiro atoms. The molecule has 1 amide bonds. The normalized spacial score (nSPS) is 10.4. The molecular formula is C21H23N5O. The number of benzene rings is 1. The monoisotopic (exact) mass is 361 g/mol. The molecule has 0 radical (unpaired) electrons. The van der Waals surface area contributed by atoms with E-state index in [2.05, 4.69) is 37.7 Å². The van der Waals surface area contributed by atoms with Gasteiger partial charge in [0.05, 0.1) is 6.54 Å². The molecule has 6 nitrogen and oxygen atoms in total. The highest BCUT2D eigenvalue weighted by Crippen LogP contribution is 2.19. The van der Waals surface area contributed by atoms with Gasteiger partial charge in [-0.3, -0.25) is 9.78 Å². The van der Waals surface area contributed by atoms with Gasteiger partial charge in [0.1, 0.15) is 11.5 Å². The van der Waals surface area contributed by atoms with Gasteiger partial charge in [0, 0.05) is 24.0 Å². The van der Waals surface area contributed by atoms with Gasteiger partial charge < -0.3 is 10.6 Å². The Morgan fingerprint density at radius 3 is 2.52 bits per heavy atom. The standard InChI is InChI=1S/C21H23N5O/c1-15-16(2)25-21(18-10-6-7-12-22-18)26-20(15)24-14-19(27)23-13-11-17-8-4-3-5-9-17/h3-10,12H,11,13-14H2,1-2H3,(H,23,27)(H,24,25,26). The summed E-state index contributed by atoms with van der Waals surface area (Å²) < 4.78 is 0. The van der Waals surface area contributed by atoms with Gasteiger partial charge >= 0.3 is 0 Å². The van der Waals surface area contributed by atoms with E-state index < -0.39 is 0 Å². The van der Waals surface area contributed by atoms with Crippen LogP contribution >= 0.6 is 0 Å². The Morgan fingerprint density at radius 2 is 1.78 bits per heavy atom. The van der Waals surface area contributed by atoms with Crippen LogP contribution in [-0.2, 0) is 11.2 Å². The van der Waals surface area contributed by atoms with E-state index in [9.17, 15) is 4.79 Å². The fraction of sp³-hybridized carbons (Fsp3) is 0.238. The smallest absolute Gasteiger partial charge is 0.239 e. The van der Waals surface area contributed by atoms with Crippen molar-refractivity contribution in [2.75, 3.05) is 18.4 Å². The molecule has 27 heavy (non-hydrogen) atoms. The second kappa shape index (κ2) is 8.89. The molecule has 1 aromatic carbocycles. The largest absolute Gasteiger partial charge is 0.361 e. The minimum atomic E-state index is -0.0685. The minimum absolute atomic E-state index is 0.0685. The highest BCUT2D eigenvalue weighted by molar-refractivity contribution is 5.80. The number of anilines is 1. The van der Waals surface area contributed by atoms with Crippen LogP contribution in [0.15, 0.2) is 54.7 Å². The summed E-state index contributed by atoms with van der Waals surface area (Å²) in [6.45, 7) is 4.63. The van der Waals surface area contributed by atoms with E-state index in [0.717, 1.165) is 17.7 Å². The van der Waals surface area contributed by atoms with Crippen LogP contribution in [-0.4, -0.2) is 33.9 Å². The number of hydrogen-bond acceptors (Lipinski definition) is 5. The lowest BCUT2D eigenvalue weighted by Crippen LogP contribution is -2.31. The van der Waals surface area contributed by atoms with E-state index >= 15 is 0 Å². The topological polar surface area (TPSA) is 79.8 Å². The van der Waals surface area contributed by atoms with Crippen molar-refractivity contribution < 1.29 is 4.79 Å². The van der Waals surface area contributed by atoms with Crippen LogP contribution in [0.25, 0.3) is 11.5 Å². The van der Waals surface area contributed by atoms with E-state index in [1.807, 2.05) is 50.2 Å². The summed E-state index contributed by atoms with van der Waals surface area (Å²) in [7, 11) is 0. The van der Waals surface area contributed by atoms with Crippen molar-refractivity contribution in [2.45, 2.75) is 20.3 Å². The number of carbonyl (C=O) groups is 1. The Morgan fingerprint density at radius 1 is 1.00 bits per heavy atom. The lowest BCUT2D eigenvalue weighted by molar-refractivity contribution is -0.119. The predicted molar refractivity (Wildman–Crippen MR) is 106 cm³/mol. The predicted octanol–water partition coefficient (Wildman–Crippen LogP) is 2.93. The molecule has 0 saturated heterocycles. The molecule has 2 heterocycles. The summed E-state index contributed by atoms with van der Waals surface area (Å²) in [6.07, 6.45) is 2.52. The van der Waals surface area contributed by atoms with Crippen molar-refractivity contribution in [2.24, 2.45) is 0 Å². The van der Waals surface area contributed by atoms with Gasteiger partial charge in [-0.15, -0.1) is 0 Å². The van der Waals surface area contributed by atoms with Crippen molar-refractivity contribution in [3.8, 4) is 11.5 Å². The molecule has 2 aromatic heterocycles. The van der Waals surface area contributed by atoms with Crippen LogP contribution in [0.4, 0.5) is 5.82 Å². The Hall–Kier alpha value is -3.28. The van der Waals surface area contributed by atoms with E-state index in [1.54, 1.807) is 6.20 Å². The number of aromatic nitrogens is 3. The van der Waals surface area contributed by atoms with Crippen molar-refractivity contribution in [1.29, 1.82) is 0 Å². The van der Waals surface area contributed by atoms with Crippen LogP contribution in [0.2, 0.25) is 0 Å². The van der Waals surface area contributed by atoms with E-state index in [-0.39, 0.29) is 12.5 Å². The van der Waals surface area contributed by atoms with E-state index in [0.29, 0.717) is 23.9 Å². The third-order valence-electron chi connectivity index (χ3n) is 4.28. The van der Waals surface area contributed by atoms with Gasteiger partial charge in [-0.2, -0.15) is 0 Å². The summed E-state index contributed by atoms with van der Waals surface area (Å²) in [4.78, 5) is 25.5. The van der Waals surface area contributed by atoms with Crippen molar-refractivity contribution in [1.82, 2.24) is 20.3 Å². The molecule has 0 unspecified atom stereocenters. The lowest BCUT2D eigenvalue weighted by Gasteiger charge is -2.12. The van der Waals surface area contributed by atoms with Crippen molar-refractivity contribution in [3.05, 3.63) is 71.5 Å². The molecule has 3 aromatic rings. The van der Waals surface area contributed by atoms with Crippen LogP contribution in [0.3, 0.4) is 0 Å². The molecule has 0 aliphatic heterocycles.